The van der Waals surface area contributed by atoms with Crippen molar-refractivity contribution in [3.8, 4) is 11.8 Å². The van der Waals surface area contributed by atoms with Gasteiger partial charge in [0.05, 0.1) is 0 Å². The highest BCUT2D eigenvalue weighted by molar-refractivity contribution is 6.31. The number of nitrogen functional groups attached to an aromatic ring is 1. The summed E-state index contributed by atoms with van der Waals surface area (Å²) in [5.74, 6) is 3.91. The molecule has 6 nitrogen and oxygen atoms in total. The van der Waals surface area contributed by atoms with E-state index in [0.717, 1.165) is 22.3 Å². The number of amides is 1. The molecule has 0 aliphatic carbocycles. The molecule has 130 valence electrons. The van der Waals surface area contributed by atoms with Gasteiger partial charge in [0, 0.05) is 29.8 Å². The molecule has 2 aromatic carbocycles. The van der Waals surface area contributed by atoms with E-state index in [1.165, 1.54) is 4.90 Å². The summed E-state index contributed by atoms with van der Waals surface area (Å²) >= 11 is 0. The van der Waals surface area contributed by atoms with Gasteiger partial charge in [0.25, 0.3) is 0 Å². The normalized spacial score (nSPS) is 12.5. The molecule has 0 spiro atoms. The first-order valence-electron chi connectivity index (χ1n) is 8.04. The Kier molecular flexibility index (Phi) is 4.72. The maximum absolute atomic E-state index is 11.6. The van der Waals surface area contributed by atoms with Gasteiger partial charge in [-0.1, -0.05) is 30.0 Å². The van der Waals surface area contributed by atoms with Gasteiger partial charge in [0.15, 0.2) is 0 Å². The summed E-state index contributed by atoms with van der Waals surface area (Å²) < 4.78 is 0. The highest BCUT2D eigenvalue weighted by Gasteiger charge is 2.25. The van der Waals surface area contributed by atoms with Crippen LogP contribution in [0.2, 0.25) is 0 Å². The molecule has 6 heteroatoms. The van der Waals surface area contributed by atoms with E-state index in [9.17, 15) is 9.59 Å². The molecule has 4 N–H and O–H groups in total. The predicted molar refractivity (Wildman–Crippen MR) is 96.6 cm³/mol. The number of benzene rings is 2. The third-order valence-electron chi connectivity index (χ3n) is 4.24. The molecule has 3 rings (SSSR count). The van der Waals surface area contributed by atoms with Gasteiger partial charge >= 0.3 is 11.9 Å². The average molecular weight is 347 g/mol. The Hall–Kier alpha value is -3.59. The zero-order valence-corrected chi connectivity index (χ0v) is 14.0. The molecule has 0 aromatic heterocycles. The van der Waals surface area contributed by atoms with Gasteiger partial charge in [0.2, 0.25) is 0 Å². The van der Waals surface area contributed by atoms with Crippen LogP contribution >= 0.6 is 0 Å². The third-order valence-corrected chi connectivity index (χ3v) is 4.24. The second-order valence-electron chi connectivity index (χ2n) is 6.01. The van der Waals surface area contributed by atoms with E-state index in [0.29, 0.717) is 25.1 Å². The number of hydrogen-bond donors (Lipinski definition) is 3. The largest absolute Gasteiger partial charge is 0.474 e. The number of aliphatic carboxylic acids is 1. The molecule has 2 aromatic rings. The van der Waals surface area contributed by atoms with Crippen molar-refractivity contribution in [2.24, 2.45) is 5.73 Å². The number of amidine groups is 1. The number of nitrogens with two attached hydrogens (primary N) is 1. The van der Waals surface area contributed by atoms with Crippen LogP contribution in [0, 0.1) is 17.3 Å². The van der Waals surface area contributed by atoms with Crippen molar-refractivity contribution >= 4 is 17.7 Å². The van der Waals surface area contributed by atoms with Crippen LogP contribution in [0.5, 0.6) is 0 Å². The fourth-order valence-electron chi connectivity index (χ4n) is 2.82. The standard InChI is InChI=1S/C20H17N3O3/c21-18(22)15-6-3-13(4-7-15)1-2-14-5-8-17-12-23(19(24)20(25)26)10-9-16(17)11-14/h3-8,11H,9-10,12H2,(H3,21,22)(H,25,26). The second kappa shape index (κ2) is 7.11. The summed E-state index contributed by atoms with van der Waals surface area (Å²) in [5.41, 5.74) is 9.80. The van der Waals surface area contributed by atoms with E-state index in [4.69, 9.17) is 16.2 Å². The molecule has 1 aliphatic rings. The van der Waals surface area contributed by atoms with Crippen molar-refractivity contribution < 1.29 is 14.7 Å². The van der Waals surface area contributed by atoms with Crippen LogP contribution in [0.15, 0.2) is 42.5 Å². The molecule has 26 heavy (non-hydrogen) atoms. The van der Waals surface area contributed by atoms with E-state index in [1.807, 2.05) is 30.3 Å². The monoisotopic (exact) mass is 347 g/mol. The van der Waals surface area contributed by atoms with E-state index in [2.05, 4.69) is 11.8 Å². The van der Waals surface area contributed by atoms with Gasteiger partial charge in [-0.15, -0.1) is 0 Å². The Morgan fingerprint density at radius 2 is 1.69 bits per heavy atom. The highest BCUT2D eigenvalue weighted by Crippen LogP contribution is 2.20. The number of nitrogens with one attached hydrogen (secondary N) is 1. The lowest BCUT2D eigenvalue weighted by molar-refractivity contribution is -0.156. The van der Waals surface area contributed by atoms with Crippen LogP contribution in [0.4, 0.5) is 0 Å². The van der Waals surface area contributed by atoms with Crippen LogP contribution in [-0.2, 0) is 22.6 Å². The van der Waals surface area contributed by atoms with E-state index in [-0.39, 0.29) is 5.84 Å². The van der Waals surface area contributed by atoms with E-state index >= 15 is 0 Å². The Morgan fingerprint density at radius 1 is 1.04 bits per heavy atom. The van der Waals surface area contributed by atoms with Crippen molar-refractivity contribution in [1.29, 1.82) is 5.41 Å². The van der Waals surface area contributed by atoms with Crippen LogP contribution in [-0.4, -0.2) is 34.3 Å². The summed E-state index contributed by atoms with van der Waals surface area (Å²) in [4.78, 5) is 23.7. The summed E-state index contributed by atoms with van der Waals surface area (Å²) in [7, 11) is 0. The minimum Gasteiger partial charge on any atom is -0.474 e. The molecule has 0 atom stereocenters. The van der Waals surface area contributed by atoms with Crippen molar-refractivity contribution in [1.82, 2.24) is 4.90 Å². The van der Waals surface area contributed by atoms with Gasteiger partial charge in [-0.3, -0.25) is 10.2 Å². The molecule has 0 unspecified atom stereocenters. The van der Waals surface area contributed by atoms with Crippen LogP contribution in [0.3, 0.4) is 0 Å². The van der Waals surface area contributed by atoms with Gasteiger partial charge in [-0.25, -0.2) is 4.79 Å². The van der Waals surface area contributed by atoms with Crippen molar-refractivity contribution in [3.63, 3.8) is 0 Å². The first kappa shape index (κ1) is 17.2. The smallest absolute Gasteiger partial charge is 0.394 e. The highest BCUT2D eigenvalue weighted by atomic mass is 16.4. The number of rotatable bonds is 1. The first-order valence-corrected chi connectivity index (χ1v) is 8.04. The number of carboxylic acid groups (broad SMARTS) is 1. The maximum atomic E-state index is 11.6. The maximum Gasteiger partial charge on any atom is 0.394 e. The fraction of sp³-hybridized carbons (Fsp3) is 0.150. The predicted octanol–water partition coefficient (Wildman–Crippen LogP) is 1.34. The number of hydrogen-bond acceptors (Lipinski definition) is 3. The van der Waals surface area contributed by atoms with Crippen molar-refractivity contribution in [2.75, 3.05) is 6.54 Å². The Labute approximate surface area is 150 Å². The molecule has 1 heterocycles. The quantitative estimate of drug-likeness (QED) is 0.313. The number of fused-ring (bicyclic) bond motifs is 1. The van der Waals surface area contributed by atoms with E-state index < -0.39 is 11.9 Å². The molecule has 0 saturated heterocycles. The summed E-state index contributed by atoms with van der Waals surface area (Å²) in [6.07, 6.45) is 0.608. The number of carbonyl (C=O) groups excluding carboxylic acids is 1. The molecule has 1 aliphatic heterocycles. The molecule has 0 saturated carbocycles. The van der Waals surface area contributed by atoms with Gasteiger partial charge in [-0.2, -0.15) is 0 Å². The lowest BCUT2D eigenvalue weighted by atomic mass is 9.97. The summed E-state index contributed by atoms with van der Waals surface area (Å²) in [5, 5.41) is 16.2. The lowest BCUT2D eigenvalue weighted by Crippen LogP contribution is -2.40. The van der Waals surface area contributed by atoms with Gasteiger partial charge < -0.3 is 15.7 Å². The zero-order valence-electron chi connectivity index (χ0n) is 14.0. The van der Waals surface area contributed by atoms with Crippen molar-refractivity contribution in [3.05, 3.63) is 70.3 Å². The van der Waals surface area contributed by atoms with Crippen molar-refractivity contribution in [2.45, 2.75) is 13.0 Å². The molecular weight excluding hydrogens is 330 g/mol. The average Bonchev–Trinajstić information content (AvgIpc) is 2.65. The Bertz CT molecular complexity index is 953. The second-order valence-corrected chi connectivity index (χ2v) is 6.01. The molecule has 0 bridgehead atoms. The van der Waals surface area contributed by atoms with Crippen LogP contribution < -0.4 is 5.73 Å². The van der Waals surface area contributed by atoms with Gasteiger partial charge in [-0.05, 0) is 41.8 Å². The van der Waals surface area contributed by atoms with Gasteiger partial charge in [0.1, 0.15) is 5.84 Å². The Morgan fingerprint density at radius 3 is 2.35 bits per heavy atom. The topological polar surface area (TPSA) is 107 Å². The fourth-order valence-corrected chi connectivity index (χ4v) is 2.82. The zero-order chi connectivity index (χ0) is 18.7. The van der Waals surface area contributed by atoms with Crippen LogP contribution in [0.1, 0.15) is 27.8 Å². The van der Waals surface area contributed by atoms with E-state index in [1.54, 1.807) is 12.1 Å². The minimum absolute atomic E-state index is 0.0228. The molecule has 1 amide bonds. The minimum atomic E-state index is -1.42. The van der Waals surface area contributed by atoms with Crippen LogP contribution in [0.25, 0.3) is 0 Å². The molecule has 0 fully saturated rings. The number of carbonyl (C=O) groups is 2. The number of carboxylic acids is 1. The Balaban J connectivity index is 1.76. The lowest BCUT2D eigenvalue weighted by Gasteiger charge is -2.27. The molecular formula is C20H17N3O3. The first-order chi connectivity index (χ1) is 12.4. The summed E-state index contributed by atoms with van der Waals surface area (Å²) in [6.45, 7) is 0.697. The molecule has 0 radical (unpaired) electrons. The number of nitrogens with zero attached hydrogens (tertiary/aromatic N) is 1. The third kappa shape index (κ3) is 3.73. The summed E-state index contributed by atoms with van der Waals surface area (Å²) in [6, 6.07) is 12.9. The SMILES string of the molecule is N=C(N)c1ccc(C#Cc2ccc3c(c2)CCN(C(=O)C(=O)O)C3)cc1.